The highest BCUT2D eigenvalue weighted by molar-refractivity contribution is 6.00. The average molecular weight is 245 g/mol. The monoisotopic (exact) mass is 245 g/mol. The smallest absolute Gasteiger partial charge is 0.411 e. The number of hydrogen-bond acceptors (Lipinski definition) is 2. The molecule has 0 radical (unpaired) electrons. The van der Waals surface area contributed by atoms with E-state index >= 15 is 0 Å². The molecular weight excluding hydrogens is 231 g/mol. The van der Waals surface area contributed by atoms with Crippen molar-refractivity contribution in [1.29, 1.82) is 0 Å². The zero-order valence-corrected chi connectivity index (χ0v) is 9.46. The molecule has 0 saturated heterocycles. The topological polar surface area (TPSA) is 32.6 Å². The SMILES string of the molecule is CCCCC(=NO)c1ccc(C(F)(F)F)cc1. The minimum absolute atomic E-state index is 0.417. The molecule has 17 heavy (non-hydrogen) atoms. The summed E-state index contributed by atoms with van der Waals surface area (Å²) in [5.41, 5.74) is 0.239. The van der Waals surface area contributed by atoms with Crippen LogP contribution in [0.1, 0.15) is 37.3 Å². The standard InChI is InChI=1S/C12H14F3NO/c1-2-3-4-11(16-17)9-5-7-10(8-6-9)12(13,14)15/h5-8,17H,2-4H2,1H3. The molecule has 0 aromatic heterocycles. The Morgan fingerprint density at radius 3 is 2.24 bits per heavy atom. The number of rotatable bonds is 4. The highest BCUT2D eigenvalue weighted by atomic mass is 19.4. The van der Waals surface area contributed by atoms with E-state index in [-0.39, 0.29) is 0 Å². The summed E-state index contributed by atoms with van der Waals surface area (Å²) < 4.78 is 37.0. The zero-order valence-electron chi connectivity index (χ0n) is 9.46. The van der Waals surface area contributed by atoms with Crippen molar-refractivity contribution in [3.63, 3.8) is 0 Å². The molecule has 0 bridgehead atoms. The van der Waals surface area contributed by atoms with Gasteiger partial charge in [0.15, 0.2) is 0 Å². The second kappa shape index (κ2) is 5.70. The van der Waals surface area contributed by atoms with E-state index < -0.39 is 11.7 Å². The average Bonchev–Trinajstić information content (AvgIpc) is 2.29. The largest absolute Gasteiger partial charge is 0.416 e. The lowest BCUT2D eigenvalue weighted by Gasteiger charge is -2.08. The van der Waals surface area contributed by atoms with Crippen LogP contribution in [0.15, 0.2) is 29.4 Å². The normalized spacial score (nSPS) is 12.8. The van der Waals surface area contributed by atoms with Gasteiger partial charge in [0.1, 0.15) is 0 Å². The summed E-state index contributed by atoms with van der Waals surface area (Å²) in [7, 11) is 0. The molecule has 0 fully saturated rings. The van der Waals surface area contributed by atoms with Crippen LogP contribution in [0.3, 0.4) is 0 Å². The van der Waals surface area contributed by atoms with E-state index in [9.17, 15) is 13.2 Å². The fourth-order valence-electron chi connectivity index (χ4n) is 1.45. The quantitative estimate of drug-likeness (QED) is 0.484. The Labute approximate surface area is 97.8 Å². The van der Waals surface area contributed by atoms with Gasteiger partial charge in [-0.15, -0.1) is 0 Å². The number of halogens is 3. The summed E-state index contributed by atoms with van der Waals surface area (Å²) in [5, 5.41) is 11.9. The Kier molecular flexibility index (Phi) is 4.54. The number of oxime groups is 1. The second-order valence-electron chi connectivity index (χ2n) is 3.73. The molecule has 0 aliphatic carbocycles. The van der Waals surface area contributed by atoms with Gasteiger partial charge in [-0.3, -0.25) is 0 Å². The molecule has 0 atom stereocenters. The van der Waals surface area contributed by atoms with Crippen LogP contribution >= 0.6 is 0 Å². The predicted octanol–water partition coefficient (Wildman–Crippen LogP) is 4.07. The van der Waals surface area contributed by atoms with Gasteiger partial charge in [0.25, 0.3) is 0 Å². The molecule has 1 N–H and O–H groups in total. The molecule has 0 unspecified atom stereocenters. The number of hydrogen-bond donors (Lipinski definition) is 1. The molecule has 1 aromatic rings. The maximum absolute atomic E-state index is 12.3. The summed E-state index contributed by atoms with van der Waals surface area (Å²) in [5.74, 6) is 0. The van der Waals surface area contributed by atoms with Gasteiger partial charge < -0.3 is 5.21 Å². The second-order valence-corrected chi connectivity index (χ2v) is 3.73. The van der Waals surface area contributed by atoms with Gasteiger partial charge in [-0.05, 0) is 30.5 Å². The van der Waals surface area contributed by atoms with E-state index in [1.807, 2.05) is 6.92 Å². The van der Waals surface area contributed by atoms with Crippen LogP contribution in [0.25, 0.3) is 0 Å². The minimum atomic E-state index is -4.33. The third-order valence-corrected chi connectivity index (χ3v) is 2.43. The maximum atomic E-state index is 12.3. The Hall–Kier alpha value is -1.52. The Morgan fingerprint density at radius 2 is 1.82 bits per heavy atom. The summed E-state index contributed by atoms with van der Waals surface area (Å²) in [6.45, 7) is 1.99. The molecule has 5 heteroatoms. The van der Waals surface area contributed by atoms with Gasteiger partial charge in [0, 0.05) is 0 Å². The van der Waals surface area contributed by atoms with Gasteiger partial charge in [0.05, 0.1) is 11.3 Å². The van der Waals surface area contributed by atoms with Crippen molar-refractivity contribution in [2.45, 2.75) is 32.4 Å². The first-order valence-corrected chi connectivity index (χ1v) is 5.37. The molecule has 94 valence electrons. The van der Waals surface area contributed by atoms with Crippen molar-refractivity contribution >= 4 is 5.71 Å². The molecule has 0 saturated carbocycles. The Bertz CT molecular complexity index is 382. The highest BCUT2D eigenvalue weighted by Crippen LogP contribution is 2.29. The van der Waals surface area contributed by atoms with Crippen molar-refractivity contribution in [3.8, 4) is 0 Å². The fourth-order valence-corrected chi connectivity index (χ4v) is 1.45. The summed E-state index contributed by atoms with van der Waals surface area (Å²) in [6.07, 6.45) is -2.02. The third kappa shape index (κ3) is 3.76. The van der Waals surface area contributed by atoms with Crippen LogP contribution in [-0.4, -0.2) is 10.9 Å². The first-order chi connectivity index (χ1) is 7.99. The van der Waals surface area contributed by atoms with E-state index in [0.29, 0.717) is 17.7 Å². The minimum Gasteiger partial charge on any atom is -0.411 e. The molecule has 1 aromatic carbocycles. The lowest BCUT2D eigenvalue weighted by atomic mass is 10.0. The van der Waals surface area contributed by atoms with Gasteiger partial charge in [-0.25, -0.2) is 0 Å². The molecule has 0 aliphatic rings. The Balaban J connectivity index is 2.86. The molecular formula is C12H14F3NO. The predicted molar refractivity (Wildman–Crippen MR) is 59.3 cm³/mol. The van der Waals surface area contributed by atoms with Crippen LogP contribution in [0, 0.1) is 0 Å². The fraction of sp³-hybridized carbons (Fsp3) is 0.417. The number of alkyl halides is 3. The van der Waals surface area contributed by atoms with Crippen molar-refractivity contribution in [1.82, 2.24) is 0 Å². The van der Waals surface area contributed by atoms with Crippen LogP contribution in [0.2, 0.25) is 0 Å². The van der Waals surface area contributed by atoms with Crippen molar-refractivity contribution in [2.24, 2.45) is 5.16 Å². The zero-order chi connectivity index (χ0) is 12.9. The lowest BCUT2D eigenvalue weighted by molar-refractivity contribution is -0.137. The molecule has 0 aliphatic heterocycles. The van der Waals surface area contributed by atoms with Gasteiger partial charge in [-0.2, -0.15) is 13.2 Å². The number of unbranched alkanes of at least 4 members (excludes halogenated alkanes) is 1. The highest BCUT2D eigenvalue weighted by Gasteiger charge is 2.30. The number of nitrogens with zero attached hydrogens (tertiary/aromatic N) is 1. The molecule has 2 nitrogen and oxygen atoms in total. The first-order valence-electron chi connectivity index (χ1n) is 5.37. The van der Waals surface area contributed by atoms with Crippen molar-refractivity contribution in [3.05, 3.63) is 35.4 Å². The Morgan fingerprint density at radius 1 is 1.24 bits per heavy atom. The van der Waals surface area contributed by atoms with Crippen LogP contribution in [0.5, 0.6) is 0 Å². The maximum Gasteiger partial charge on any atom is 0.416 e. The van der Waals surface area contributed by atoms with Crippen LogP contribution in [0.4, 0.5) is 13.2 Å². The van der Waals surface area contributed by atoms with Gasteiger partial charge in [0.2, 0.25) is 0 Å². The summed E-state index contributed by atoms with van der Waals surface area (Å²) >= 11 is 0. The van der Waals surface area contributed by atoms with Gasteiger partial charge >= 0.3 is 6.18 Å². The van der Waals surface area contributed by atoms with Crippen molar-refractivity contribution in [2.75, 3.05) is 0 Å². The van der Waals surface area contributed by atoms with E-state index in [1.165, 1.54) is 12.1 Å². The summed E-state index contributed by atoms with van der Waals surface area (Å²) in [4.78, 5) is 0. The third-order valence-electron chi connectivity index (χ3n) is 2.43. The molecule has 0 heterocycles. The number of benzene rings is 1. The van der Waals surface area contributed by atoms with E-state index in [1.54, 1.807) is 0 Å². The van der Waals surface area contributed by atoms with E-state index in [0.717, 1.165) is 25.0 Å². The van der Waals surface area contributed by atoms with Crippen LogP contribution in [-0.2, 0) is 6.18 Å². The lowest BCUT2D eigenvalue weighted by Crippen LogP contribution is -2.06. The van der Waals surface area contributed by atoms with E-state index in [2.05, 4.69) is 5.16 Å². The van der Waals surface area contributed by atoms with E-state index in [4.69, 9.17) is 5.21 Å². The van der Waals surface area contributed by atoms with Gasteiger partial charge in [-0.1, -0.05) is 30.6 Å². The van der Waals surface area contributed by atoms with Crippen molar-refractivity contribution < 1.29 is 18.4 Å². The molecule has 0 amide bonds. The summed E-state index contributed by atoms with van der Waals surface area (Å²) in [6, 6.07) is 4.64. The van der Waals surface area contributed by atoms with Crippen LogP contribution < -0.4 is 0 Å². The molecule has 1 rings (SSSR count). The molecule has 0 spiro atoms. The first kappa shape index (κ1) is 13.5.